The van der Waals surface area contributed by atoms with Gasteiger partial charge >= 0.3 is 0 Å². The minimum absolute atomic E-state index is 0.0576. The summed E-state index contributed by atoms with van der Waals surface area (Å²) < 4.78 is 5.81. The van der Waals surface area contributed by atoms with E-state index in [2.05, 4.69) is 17.1 Å². The molecule has 1 amide bonds. The molecule has 0 bridgehead atoms. The Hall–Kier alpha value is -2.37. The lowest BCUT2D eigenvalue weighted by Gasteiger charge is -2.33. The molecule has 1 heterocycles. The van der Waals surface area contributed by atoms with Gasteiger partial charge in [0.1, 0.15) is 12.4 Å². The number of ether oxygens (including phenoxy) is 1. The lowest BCUT2D eigenvalue weighted by molar-refractivity contribution is -0.123. The highest BCUT2D eigenvalue weighted by atomic mass is 16.5. The molecular weight excluding hydrogens is 362 g/mol. The van der Waals surface area contributed by atoms with Crippen molar-refractivity contribution in [3.8, 4) is 5.75 Å². The first kappa shape index (κ1) is 21.3. The highest BCUT2D eigenvalue weighted by molar-refractivity contribution is 5.82. The van der Waals surface area contributed by atoms with Gasteiger partial charge in [-0.3, -0.25) is 4.79 Å². The van der Waals surface area contributed by atoms with Gasteiger partial charge in [0, 0.05) is 12.6 Å². The largest absolute Gasteiger partial charge is 0.489 e. The van der Waals surface area contributed by atoms with Crippen LogP contribution >= 0.6 is 0 Å². The maximum Gasteiger partial charge on any atom is 0.237 e. The Morgan fingerprint density at radius 3 is 2.66 bits per heavy atom. The number of nitrogens with two attached hydrogens (primary N) is 1. The average molecular weight is 396 g/mol. The number of amides is 1. The van der Waals surface area contributed by atoms with Gasteiger partial charge in [0.15, 0.2) is 0 Å². The normalized spacial score (nSPS) is 18.2. The zero-order chi connectivity index (χ0) is 20.5. The molecule has 0 aromatic heterocycles. The van der Waals surface area contributed by atoms with Crippen molar-refractivity contribution < 1.29 is 9.53 Å². The number of nitrogens with one attached hydrogen (secondary N) is 1. The quantitative estimate of drug-likeness (QED) is 0.685. The highest BCUT2D eigenvalue weighted by Crippen LogP contribution is 2.16. The molecule has 5 nitrogen and oxygen atoms in total. The molecule has 5 heteroatoms. The van der Waals surface area contributed by atoms with Gasteiger partial charge in [0.2, 0.25) is 5.91 Å². The molecule has 0 saturated carbocycles. The first-order chi connectivity index (χ1) is 14.1. The number of carbonyl (C=O) groups is 1. The van der Waals surface area contributed by atoms with Crippen LogP contribution in [0.4, 0.5) is 0 Å². The lowest BCUT2D eigenvalue weighted by atomic mass is 10.0. The van der Waals surface area contributed by atoms with Crippen molar-refractivity contribution in [2.45, 2.75) is 51.3 Å². The Morgan fingerprint density at radius 2 is 1.93 bits per heavy atom. The number of benzene rings is 2. The Kier molecular flexibility index (Phi) is 8.08. The summed E-state index contributed by atoms with van der Waals surface area (Å²) in [7, 11) is 0. The van der Waals surface area contributed by atoms with E-state index in [0.717, 1.165) is 55.8 Å². The Morgan fingerprint density at radius 1 is 1.17 bits per heavy atom. The van der Waals surface area contributed by atoms with Gasteiger partial charge < -0.3 is 20.7 Å². The zero-order valence-corrected chi connectivity index (χ0v) is 17.3. The predicted octanol–water partition coefficient (Wildman–Crippen LogP) is 3.13. The summed E-state index contributed by atoms with van der Waals surface area (Å²) in [5.74, 6) is 0.756. The Bertz CT molecular complexity index is 746. The van der Waals surface area contributed by atoms with Crippen molar-refractivity contribution in [1.29, 1.82) is 0 Å². The number of carbonyl (C=O) groups excluding carboxylic acids is 1. The van der Waals surface area contributed by atoms with Crippen LogP contribution in [0, 0.1) is 0 Å². The Balaban J connectivity index is 1.44. The van der Waals surface area contributed by atoms with E-state index in [1.807, 2.05) is 54.6 Å². The maximum absolute atomic E-state index is 12.5. The van der Waals surface area contributed by atoms with Gasteiger partial charge in [-0.15, -0.1) is 0 Å². The second-order valence-corrected chi connectivity index (χ2v) is 7.88. The molecule has 2 unspecified atom stereocenters. The zero-order valence-electron chi connectivity index (χ0n) is 17.3. The summed E-state index contributed by atoms with van der Waals surface area (Å²) in [6.45, 7) is 5.89. The van der Waals surface area contributed by atoms with E-state index in [1.54, 1.807) is 0 Å². The van der Waals surface area contributed by atoms with Crippen LogP contribution < -0.4 is 15.8 Å². The topological polar surface area (TPSA) is 67.6 Å². The monoisotopic (exact) mass is 395 g/mol. The third-order valence-electron chi connectivity index (χ3n) is 5.36. The molecule has 0 radical (unpaired) electrons. The van der Waals surface area contributed by atoms with Crippen LogP contribution in [0.15, 0.2) is 54.6 Å². The van der Waals surface area contributed by atoms with Crippen molar-refractivity contribution >= 4 is 5.91 Å². The molecule has 2 aromatic rings. The maximum atomic E-state index is 12.5. The van der Waals surface area contributed by atoms with E-state index in [4.69, 9.17) is 10.5 Å². The SMILES string of the molecule is CCCN1CCCC(NC(=O)C(N)Cc2ccc(OCc3ccccc3)cc2)C1. The average Bonchev–Trinajstić information content (AvgIpc) is 2.74. The van der Waals surface area contributed by atoms with Crippen LogP contribution in [-0.4, -0.2) is 42.5 Å². The van der Waals surface area contributed by atoms with Crippen molar-refractivity contribution in [2.24, 2.45) is 5.73 Å². The molecule has 3 N–H and O–H groups in total. The van der Waals surface area contributed by atoms with E-state index in [0.29, 0.717) is 13.0 Å². The highest BCUT2D eigenvalue weighted by Gasteiger charge is 2.23. The van der Waals surface area contributed by atoms with Crippen molar-refractivity contribution in [2.75, 3.05) is 19.6 Å². The van der Waals surface area contributed by atoms with E-state index < -0.39 is 6.04 Å². The minimum Gasteiger partial charge on any atom is -0.489 e. The molecule has 1 aliphatic heterocycles. The van der Waals surface area contributed by atoms with Crippen LogP contribution in [-0.2, 0) is 17.8 Å². The van der Waals surface area contributed by atoms with Gasteiger partial charge in [-0.1, -0.05) is 49.4 Å². The lowest BCUT2D eigenvalue weighted by Crippen LogP contribution is -2.52. The summed E-state index contributed by atoms with van der Waals surface area (Å²) in [6.07, 6.45) is 3.83. The molecule has 2 atom stereocenters. The predicted molar refractivity (Wildman–Crippen MR) is 117 cm³/mol. The number of nitrogens with zero attached hydrogens (tertiary/aromatic N) is 1. The summed E-state index contributed by atoms with van der Waals surface area (Å²) in [5.41, 5.74) is 8.35. The van der Waals surface area contributed by atoms with E-state index in [-0.39, 0.29) is 11.9 Å². The Labute approximate surface area is 174 Å². The third-order valence-corrected chi connectivity index (χ3v) is 5.36. The fourth-order valence-corrected chi connectivity index (χ4v) is 3.81. The molecular formula is C24H33N3O2. The van der Waals surface area contributed by atoms with Crippen molar-refractivity contribution in [3.63, 3.8) is 0 Å². The minimum atomic E-state index is -0.535. The number of piperidine rings is 1. The van der Waals surface area contributed by atoms with Crippen molar-refractivity contribution in [3.05, 3.63) is 65.7 Å². The van der Waals surface area contributed by atoms with Gasteiger partial charge in [0.05, 0.1) is 6.04 Å². The van der Waals surface area contributed by atoms with E-state index in [9.17, 15) is 4.79 Å². The summed E-state index contributed by atoms with van der Waals surface area (Å²) >= 11 is 0. The van der Waals surface area contributed by atoms with Crippen LogP contribution in [0.2, 0.25) is 0 Å². The number of likely N-dealkylation sites (tertiary alicyclic amines) is 1. The van der Waals surface area contributed by atoms with Gasteiger partial charge in [0.25, 0.3) is 0 Å². The summed E-state index contributed by atoms with van der Waals surface area (Å²) in [4.78, 5) is 15.0. The summed E-state index contributed by atoms with van der Waals surface area (Å²) in [5, 5.41) is 3.15. The fraction of sp³-hybridized carbons (Fsp3) is 0.458. The van der Waals surface area contributed by atoms with Crippen LogP contribution in [0.5, 0.6) is 5.75 Å². The molecule has 0 aliphatic carbocycles. The molecule has 3 rings (SSSR count). The van der Waals surface area contributed by atoms with Crippen LogP contribution in [0.3, 0.4) is 0 Å². The standard InChI is InChI=1S/C24H33N3O2/c1-2-14-27-15-6-9-21(17-27)26-24(28)23(25)16-19-10-12-22(13-11-19)29-18-20-7-4-3-5-8-20/h3-5,7-8,10-13,21,23H,2,6,9,14-18,25H2,1H3,(H,26,28). The molecule has 29 heavy (non-hydrogen) atoms. The molecule has 156 valence electrons. The third kappa shape index (κ3) is 6.87. The molecule has 1 fully saturated rings. The second-order valence-electron chi connectivity index (χ2n) is 7.88. The molecule has 1 aliphatic rings. The first-order valence-electron chi connectivity index (χ1n) is 10.7. The van der Waals surface area contributed by atoms with Gasteiger partial charge in [-0.05, 0) is 62.0 Å². The van der Waals surface area contributed by atoms with E-state index in [1.165, 1.54) is 0 Å². The summed E-state index contributed by atoms with van der Waals surface area (Å²) in [6, 6.07) is 17.6. The van der Waals surface area contributed by atoms with Crippen LogP contribution in [0.25, 0.3) is 0 Å². The number of hydrogen-bond donors (Lipinski definition) is 2. The first-order valence-corrected chi connectivity index (χ1v) is 10.7. The molecule has 0 spiro atoms. The number of hydrogen-bond acceptors (Lipinski definition) is 4. The second kappa shape index (κ2) is 11.0. The van der Waals surface area contributed by atoms with Gasteiger partial charge in [-0.25, -0.2) is 0 Å². The molecule has 1 saturated heterocycles. The smallest absolute Gasteiger partial charge is 0.237 e. The fourth-order valence-electron chi connectivity index (χ4n) is 3.81. The number of rotatable bonds is 9. The van der Waals surface area contributed by atoms with Gasteiger partial charge in [-0.2, -0.15) is 0 Å². The van der Waals surface area contributed by atoms with E-state index >= 15 is 0 Å². The van der Waals surface area contributed by atoms with Crippen LogP contribution in [0.1, 0.15) is 37.3 Å². The molecule has 2 aromatic carbocycles. The van der Waals surface area contributed by atoms with Crippen molar-refractivity contribution in [1.82, 2.24) is 10.2 Å².